The summed E-state index contributed by atoms with van der Waals surface area (Å²) in [5, 5.41) is 0. The van der Waals surface area contributed by atoms with Crippen molar-refractivity contribution in [3.05, 3.63) is 23.5 Å². The molecule has 3 heteroatoms. The summed E-state index contributed by atoms with van der Waals surface area (Å²) >= 11 is 0. The molecule has 1 fully saturated rings. The van der Waals surface area contributed by atoms with Gasteiger partial charge in [-0.1, -0.05) is 13.3 Å². The van der Waals surface area contributed by atoms with Crippen LogP contribution in [0, 0.1) is 5.41 Å². The molecule has 1 rings (SSSR count). The average Bonchev–Trinajstić information content (AvgIpc) is 2.20. The molecule has 16 heavy (non-hydrogen) atoms. The van der Waals surface area contributed by atoms with E-state index in [1.807, 2.05) is 40.0 Å². The topological polar surface area (TPSA) is 46.3 Å². The minimum Gasteiger partial charge on any atom is -0.402 e. The second-order valence-corrected chi connectivity index (χ2v) is 5.00. The van der Waals surface area contributed by atoms with Crippen LogP contribution in [0.2, 0.25) is 0 Å². The van der Waals surface area contributed by atoms with Crippen LogP contribution in [0.25, 0.3) is 0 Å². The van der Waals surface area contributed by atoms with E-state index in [0.29, 0.717) is 0 Å². The molecule has 3 nitrogen and oxygen atoms in total. The molecule has 0 unspecified atom stereocenters. The summed E-state index contributed by atoms with van der Waals surface area (Å²) < 4.78 is 0. The largest absolute Gasteiger partial charge is 0.402 e. The highest BCUT2D eigenvalue weighted by Gasteiger charge is 2.41. The highest BCUT2D eigenvalue weighted by molar-refractivity contribution is 5.84. The van der Waals surface area contributed by atoms with Crippen LogP contribution >= 0.6 is 0 Å². The van der Waals surface area contributed by atoms with Crippen LogP contribution in [0.5, 0.6) is 0 Å². The van der Waals surface area contributed by atoms with Crippen LogP contribution < -0.4 is 5.73 Å². The zero-order valence-corrected chi connectivity index (χ0v) is 10.7. The van der Waals surface area contributed by atoms with Gasteiger partial charge in [0.05, 0.1) is 0 Å². The van der Waals surface area contributed by atoms with E-state index in [0.717, 1.165) is 24.2 Å². The molecule has 0 spiro atoms. The molecule has 0 heterocycles. The highest BCUT2D eigenvalue weighted by Crippen LogP contribution is 2.42. The Morgan fingerprint density at radius 2 is 1.88 bits per heavy atom. The Bertz CT molecular complexity index is 334. The molecular weight excluding hydrogens is 200 g/mol. The van der Waals surface area contributed by atoms with Gasteiger partial charge in [0.1, 0.15) is 0 Å². The molecule has 1 aliphatic carbocycles. The van der Waals surface area contributed by atoms with Gasteiger partial charge < -0.3 is 10.6 Å². The lowest BCUT2D eigenvalue weighted by Crippen LogP contribution is -2.43. The smallest absolute Gasteiger partial charge is 0.232 e. The summed E-state index contributed by atoms with van der Waals surface area (Å²) in [6.45, 7) is 5.81. The highest BCUT2D eigenvalue weighted by atomic mass is 16.2. The van der Waals surface area contributed by atoms with Gasteiger partial charge in [-0.05, 0) is 38.8 Å². The van der Waals surface area contributed by atoms with Crippen LogP contribution in [-0.4, -0.2) is 17.9 Å². The third kappa shape index (κ3) is 2.65. The zero-order valence-electron chi connectivity index (χ0n) is 10.7. The van der Waals surface area contributed by atoms with E-state index < -0.39 is 0 Å². The molecule has 0 aliphatic heterocycles. The van der Waals surface area contributed by atoms with Gasteiger partial charge in [-0.3, -0.25) is 4.79 Å². The first-order valence-corrected chi connectivity index (χ1v) is 5.76. The molecule has 1 aliphatic rings. The van der Waals surface area contributed by atoms with Crippen molar-refractivity contribution < 1.29 is 4.79 Å². The fourth-order valence-corrected chi connectivity index (χ4v) is 1.85. The van der Waals surface area contributed by atoms with E-state index in [1.165, 1.54) is 6.42 Å². The van der Waals surface area contributed by atoms with Gasteiger partial charge in [0, 0.05) is 23.9 Å². The lowest BCUT2D eigenvalue weighted by atomic mass is 9.69. The van der Waals surface area contributed by atoms with Crippen LogP contribution in [-0.2, 0) is 4.79 Å². The van der Waals surface area contributed by atoms with E-state index in [9.17, 15) is 4.79 Å². The maximum atomic E-state index is 12.2. The Labute approximate surface area is 98.0 Å². The summed E-state index contributed by atoms with van der Waals surface area (Å²) in [7, 11) is 1.83. The van der Waals surface area contributed by atoms with Gasteiger partial charge >= 0.3 is 0 Å². The van der Waals surface area contributed by atoms with Crippen molar-refractivity contribution in [3.63, 3.8) is 0 Å². The number of nitrogens with two attached hydrogens (primary N) is 1. The quantitative estimate of drug-likeness (QED) is 0.745. The molecular formula is C13H22N2O. The molecule has 0 atom stereocenters. The Balaban J connectivity index is 2.70. The number of rotatable bonds is 3. The molecule has 0 aromatic rings. The average molecular weight is 222 g/mol. The van der Waals surface area contributed by atoms with Gasteiger partial charge in [-0.2, -0.15) is 0 Å². The maximum absolute atomic E-state index is 12.2. The first kappa shape index (κ1) is 12.8. The molecule has 2 N–H and O–H groups in total. The van der Waals surface area contributed by atoms with Crippen LogP contribution in [0.15, 0.2) is 23.5 Å². The van der Waals surface area contributed by atoms with Crippen molar-refractivity contribution in [3.8, 4) is 0 Å². The molecule has 0 aromatic heterocycles. The molecule has 1 saturated carbocycles. The molecule has 0 saturated heterocycles. The van der Waals surface area contributed by atoms with Gasteiger partial charge in [-0.15, -0.1) is 0 Å². The zero-order chi connectivity index (χ0) is 12.3. The molecule has 0 radical (unpaired) electrons. The van der Waals surface area contributed by atoms with Crippen LogP contribution in [0.3, 0.4) is 0 Å². The molecule has 0 bridgehead atoms. The summed E-state index contributed by atoms with van der Waals surface area (Å²) in [6.07, 6.45) is 6.89. The van der Waals surface area contributed by atoms with Crippen molar-refractivity contribution in [2.75, 3.05) is 7.05 Å². The van der Waals surface area contributed by atoms with Crippen molar-refractivity contribution in [1.29, 1.82) is 0 Å². The van der Waals surface area contributed by atoms with Gasteiger partial charge in [0.25, 0.3) is 0 Å². The van der Waals surface area contributed by atoms with Gasteiger partial charge in [-0.25, -0.2) is 0 Å². The standard InChI is InChI=1S/C13H22N2O/c1-10(14)6-7-11(2)15(4)12(16)13(3)8-5-9-13/h6-7H,5,8-9,14H2,1-4H3/b10-6+,11-7+. The van der Waals surface area contributed by atoms with Gasteiger partial charge in [0.15, 0.2) is 0 Å². The monoisotopic (exact) mass is 222 g/mol. The summed E-state index contributed by atoms with van der Waals surface area (Å²) in [6, 6.07) is 0. The van der Waals surface area contributed by atoms with Crippen LogP contribution in [0.4, 0.5) is 0 Å². The van der Waals surface area contributed by atoms with Crippen molar-refractivity contribution in [2.24, 2.45) is 11.1 Å². The minimum absolute atomic E-state index is 0.134. The van der Waals surface area contributed by atoms with E-state index in [1.54, 1.807) is 4.90 Å². The van der Waals surface area contributed by atoms with E-state index >= 15 is 0 Å². The van der Waals surface area contributed by atoms with E-state index in [4.69, 9.17) is 5.73 Å². The third-order valence-electron chi connectivity index (χ3n) is 3.39. The number of carbonyl (C=O) groups is 1. The number of carbonyl (C=O) groups excluding carboxylic acids is 1. The summed E-state index contributed by atoms with van der Waals surface area (Å²) in [5.41, 5.74) is 7.10. The SMILES string of the molecule is C/C(N)=C\C=C(/C)N(C)C(=O)C1(C)CCC1. The number of allylic oxidation sites excluding steroid dienone is 4. The summed E-state index contributed by atoms with van der Waals surface area (Å²) in [5.74, 6) is 0.218. The van der Waals surface area contributed by atoms with E-state index in [2.05, 4.69) is 0 Å². The number of hydrogen-bond acceptors (Lipinski definition) is 2. The predicted octanol–water partition coefficient (Wildman–Crippen LogP) is 2.40. The first-order chi connectivity index (χ1) is 7.37. The fourth-order valence-electron chi connectivity index (χ4n) is 1.85. The molecule has 0 aromatic carbocycles. The van der Waals surface area contributed by atoms with Gasteiger partial charge in [0.2, 0.25) is 5.91 Å². The van der Waals surface area contributed by atoms with Crippen molar-refractivity contribution in [1.82, 2.24) is 4.90 Å². The third-order valence-corrected chi connectivity index (χ3v) is 3.39. The minimum atomic E-state index is -0.134. The van der Waals surface area contributed by atoms with E-state index in [-0.39, 0.29) is 11.3 Å². The van der Waals surface area contributed by atoms with Crippen LogP contribution in [0.1, 0.15) is 40.0 Å². The Morgan fingerprint density at radius 3 is 2.25 bits per heavy atom. The molecule has 90 valence electrons. The maximum Gasteiger partial charge on any atom is 0.232 e. The summed E-state index contributed by atoms with van der Waals surface area (Å²) in [4.78, 5) is 13.9. The second kappa shape index (κ2) is 4.73. The first-order valence-electron chi connectivity index (χ1n) is 5.76. The predicted molar refractivity (Wildman–Crippen MR) is 66.4 cm³/mol. The lowest BCUT2D eigenvalue weighted by molar-refractivity contribution is -0.142. The number of amides is 1. The van der Waals surface area contributed by atoms with Crippen molar-refractivity contribution >= 4 is 5.91 Å². The molecule has 1 amide bonds. The Kier molecular flexibility index (Phi) is 3.79. The number of hydrogen-bond donors (Lipinski definition) is 1. The fraction of sp³-hybridized carbons (Fsp3) is 0.615. The van der Waals surface area contributed by atoms with Crippen molar-refractivity contribution in [2.45, 2.75) is 40.0 Å². The second-order valence-electron chi connectivity index (χ2n) is 5.00. The Morgan fingerprint density at radius 1 is 1.31 bits per heavy atom. The number of nitrogens with zero attached hydrogens (tertiary/aromatic N) is 1. The normalized spacial score (nSPS) is 20.2. The Hall–Kier alpha value is -1.25. The lowest BCUT2D eigenvalue weighted by Gasteiger charge is -2.39.